The molecular formula is C58H74BrCl2NO21S2. The van der Waals surface area contributed by atoms with Gasteiger partial charge in [-0.15, -0.1) is 45.9 Å². The first-order chi connectivity index (χ1) is 39.7. The standard InChI is InChI=1S/C27H30Cl2O6.C19H22NO4S2.C12H22O11.BrH/c1-15-11-19-18-7-6-16-12-17(30)8-9-24(16,2)26(18,29)21(31)13-25(19,3)27(15,22(32)14-28)35-23(33)20-5-4-10-34-20;1-20(2)12-9-11(10-13(20)17-16(12)24-17)23-18(21)19(22,14-5-3-7-25-14)15-6-4-8-26-15;13-1-3-5(15)6(16)9(19)12(22-3)23-10-4(2-14)21-11(20)8(18)7(10)17;/h4-5,8-10,12,15,18-19,21,31H,6-7,11,13-14H2,1-3H3;3-8,11-13,16-17,22H,9-10H2,1-2H3;3-20H,1-2H2;1H/q;+1;;/p-1/t15-,18+,19+,21+,24+,25+,26+,27+;11-,12-,13+,16-,17+;3-,4-,5+,6+,7-,8-,9-,10-,11-,12+;/m1.1./s1. The van der Waals surface area contributed by atoms with Crippen LogP contribution in [-0.4, -0.2) is 221 Å². The highest BCUT2D eigenvalue weighted by atomic mass is 79.9. The fraction of sp³-hybridized carbons (Fsp3) is 0.655. The molecule has 3 aromatic heterocycles. The van der Waals surface area contributed by atoms with Crippen molar-refractivity contribution < 1.29 is 125 Å². The van der Waals surface area contributed by atoms with Crippen molar-refractivity contribution in [3.8, 4) is 0 Å². The highest BCUT2D eigenvalue weighted by Crippen LogP contribution is 2.72. The number of morpholine rings is 1. The number of carbonyl (C=O) groups excluding carboxylic acids is 4. The molecule has 3 aromatic rings. The summed E-state index contributed by atoms with van der Waals surface area (Å²) in [5, 5.41) is 103. The van der Waals surface area contributed by atoms with Crippen molar-refractivity contribution in [2.24, 2.45) is 28.6 Å². The molecule has 3 saturated carbocycles. The van der Waals surface area contributed by atoms with Crippen LogP contribution < -0.4 is 17.0 Å². The van der Waals surface area contributed by atoms with E-state index in [0.717, 1.165) is 22.9 Å². The number of aliphatic hydroxyl groups excluding tert-OH is 9. The fourth-order valence-electron chi connectivity index (χ4n) is 15.5. The van der Waals surface area contributed by atoms with Gasteiger partial charge in [-0.25, -0.2) is 9.59 Å². The third-order valence-corrected chi connectivity index (χ3v) is 23.2. The van der Waals surface area contributed by atoms with Crippen molar-refractivity contribution in [2.45, 2.75) is 173 Å². The molecule has 0 aromatic carbocycles. The number of epoxide rings is 1. The minimum atomic E-state index is -1.74. The zero-order valence-electron chi connectivity index (χ0n) is 47.1. The Kier molecular flexibility index (Phi) is 19.5. The van der Waals surface area contributed by atoms with E-state index in [1.165, 1.54) is 41.1 Å². The Hall–Kier alpha value is -3.10. The van der Waals surface area contributed by atoms with E-state index in [2.05, 4.69) is 14.1 Å². The lowest BCUT2D eigenvalue weighted by atomic mass is 9.45. The van der Waals surface area contributed by atoms with Crippen LogP contribution in [0.3, 0.4) is 0 Å². The van der Waals surface area contributed by atoms with Crippen LogP contribution >= 0.6 is 45.9 Å². The second-order valence-corrected chi connectivity index (χ2v) is 27.4. The average molecular weight is 1340 g/mol. The summed E-state index contributed by atoms with van der Waals surface area (Å²) in [5.74, 6) is -2.68. The molecule has 23 atom stereocenters. The smallest absolute Gasteiger partial charge is 0.375 e. The van der Waals surface area contributed by atoms with Gasteiger partial charge in [0, 0.05) is 29.6 Å². The maximum Gasteiger partial charge on any atom is 0.375 e. The summed E-state index contributed by atoms with van der Waals surface area (Å²) >= 11 is 16.3. The zero-order valence-corrected chi connectivity index (χ0v) is 51.9. The van der Waals surface area contributed by atoms with E-state index in [4.69, 9.17) is 61.1 Å². The SMILES string of the molecule is C[C@@H]1C[C@H]2[C@@H]3CCC4=CC(=O)C=C[C@]4(C)[C@@]3(Cl)[C@@H](O)C[C@]2(C)[C@@]1(OC(=O)c1ccco1)C(=O)CCl.C[N+]1(C)[C@@H]2C[C@@H](OC(=O)C(O)(c3cccs3)c3cccs3)C[C@H]1[C@@H]1O[C@@H]12.OC[C@H]1O[C@@H](O[C@H]2[C@H](O)[C@@H](O)[C@H](O)O[C@@H]2CO)[C@H](O)[C@@H](O)[C@H]1O.[Br-]. The Bertz CT molecular complexity index is 2880. The number of Topliss-reactive ketones (excluding diaryl/α,β-unsaturated/α-hetero) is 1. The summed E-state index contributed by atoms with van der Waals surface area (Å²) in [5.41, 5.74) is -3.92. The van der Waals surface area contributed by atoms with Gasteiger partial charge in [-0.2, -0.15) is 0 Å². The van der Waals surface area contributed by atoms with Crippen molar-refractivity contribution in [2.75, 3.05) is 33.2 Å². The van der Waals surface area contributed by atoms with Crippen molar-refractivity contribution >= 4 is 69.4 Å². The molecule has 8 heterocycles. The summed E-state index contributed by atoms with van der Waals surface area (Å²) < 4.78 is 39.2. The number of hydrogen-bond acceptors (Lipinski definition) is 23. The largest absolute Gasteiger partial charge is 1.00 e. The number of piperidine rings is 1. The van der Waals surface area contributed by atoms with Crippen LogP contribution in [0.25, 0.3) is 0 Å². The summed E-state index contributed by atoms with van der Waals surface area (Å²) in [6.07, 6.45) is -6.08. The maximum atomic E-state index is 13.6. The van der Waals surface area contributed by atoms with Gasteiger partial charge in [0.2, 0.25) is 11.4 Å². The summed E-state index contributed by atoms with van der Waals surface area (Å²) in [6.45, 7) is 4.47. The van der Waals surface area contributed by atoms with Gasteiger partial charge in [0.15, 0.2) is 29.7 Å². The predicted molar refractivity (Wildman–Crippen MR) is 298 cm³/mol. The highest BCUT2D eigenvalue weighted by molar-refractivity contribution is 7.12. The number of fused-ring (bicyclic) bond motifs is 10. The first kappa shape index (κ1) is 66.3. The van der Waals surface area contributed by atoms with E-state index < -0.39 is 120 Å². The third kappa shape index (κ3) is 10.9. The quantitative estimate of drug-likeness (QED) is 0.0442. The number of quaternary nitrogens is 1. The molecule has 27 heteroatoms. The normalized spacial score (nSPS) is 42.7. The number of halogens is 3. The fourth-order valence-corrected chi connectivity index (χ4v) is 17.9. The molecule has 22 nitrogen and oxygen atoms in total. The molecule has 5 saturated heterocycles. The van der Waals surface area contributed by atoms with Gasteiger partial charge in [0.25, 0.3) is 0 Å². The number of hydrogen-bond donors (Lipinski definition) is 10. The molecule has 10 N–H and O–H groups in total. The van der Waals surface area contributed by atoms with E-state index in [0.29, 0.717) is 53.3 Å². The number of nitrogens with zero attached hydrogens (tertiary/aromatic N) is 1. The van der Waals surface area contributed by atoms with Gasteiger partial charge in [-0.05, 0) is 84.7 Å². The number of allylic oxidation sites excluding steroid dienone is 4. The number of esters is 2. The van der Waals surface area contributed by atoms with Gasteiger partial charge in [0.05, 0.1) is 60.2 Å². The number of ketones is 2. The number of aliphatic hydroxyl groups is 10. The molecule has 0 radical (unpaired) electrons. The number of furan rings is 1. The van der Waals surface area contributed by atoms with Gasteiger partial charge in [-0.1, -0.05) is 44.6 Å². The molecule has 5 aliphatic heterocycles. The Morgan fingerprint density at radius 1 is 0.824 bits per heavy atom. The van der Waals surface area contributed by atoms with Crippen LogP contribution in [-0.2, 0) is 48.4 Å². The molecule has 470 valence electrons. The molecule has 8 fully saturated rings. The number of ether oxygens (including phenoxy) is 6. The molecular weight excluding hydrogens is 1260 g/mol. The molecule has 12 rings (SSSR count). The molecule has 85 heavy (non-hydrogen) atoms. The number of rotatable bonds is 12. The Balaban J connectivity index is 0.000000156. The predicted octanol–water partition coefficient (Wildman–Crippen LogP) is -1.18. The number of carbonyl (C=O) groups is 4. The van der Waals surface area contributed by atoms with Crippen molar-refractivity contribution in [3.05, 3.63) is 92.7 Å². The van der Waals surface area contributed by atoms with E-state index in [9.17, 15) is 65.1 Å². The van der Waals surface area contributed by atoms with E-state index in [-0.39, 0.29) is 70.5 Å². The Morgan fingerprint density at radius 3 is 2.02 bits per heavy atom. The molecule has 0 unspecified atom stereocenters. The summed E-state index contributed by atoms with van der Waals surface area (Å²) in [6, 6.07) is 11.1. The van der Waals surface area contributed by atoms with Crippen LogP contribution in [0.1, 0.15) is 79.6 Å². The zero-order chi connectivity index (χ0) is 60.8. The molecule has 4 aliphatic carbocycles. The Morgan fingerprint density at radius 2 is 1.46 bits per heavy atom. The van der Waals surface area contributed by atoms with Gasteiger partial charge < -0.3 is 105 Å². The first-order valence-electron chi connectivity index (χ1n) is 28.1. The lowest BCUT2D eigenvalue weighted by molar-refractivity contribution is -0.938. The topological polar surface area (TPSA) is 342 Å². The van der Waals surface area contributed by atoms with Crippen LogP contribution in [0.4, 0.5) is 0 Å². The van der Waals surface area contributed by atoms with Gasteiger partial charge in [-0.3, -0.25) is 9.59 Å². The van der Waals surface area contributed by atoms with Crippen LogP contribution in [0, 0.1) is 28.6 Å². The second kappa shape index (κ2) is 24.9. The van der Waals surface area contributed by atoms with Crippen molar-refractivity contribution in [3.63, 3.8) is 0 Å². The first-order valence-corrected chi connectivity index (χ1v) is 30.8. The maximum absolute atomic E-state index is 13.6. The number of alkyl halides is 2. The van der Waals surface area contributed by atoms with Crippen molar-refractivity contribution in [1.29, 1.82) is 0 Å². The van der Waals surface area contributed by atoms with Gasteiger partial charge >= 0.3 is 11.9 Å². The van der Waals surface area contributed by atoms with Gasteiger partial charge in [0.1, 0.15) is 79.2 Å². The van der Waals surface area contributed by atoms with Crippen LogP contribution in [0.2, 0.25) is 0 Å². The monoisotopic (exact) mass is 1330 g/mol. The van der Waals surface area contributed by atoms with Crippen molar-refractivity contribution in [1.82, 2.24) is 0 Å². The second-order valence-electron chi connectivity index (χ2n) is 24.6. The molecule has 9 aliphatic rings. The molecule has 2 bridgehead atoms. The summed E-state index contributed by atoms with van der Waals surface area (Å²) in [4.78, 5) is 52.0. The number of thiophene rings is 2. The average Bonchev–Trinajstić information content (AvgIpc) is 1.67. The lowest BCUT2D eigenvalue weighted by Crippen LogP contribution is -3.00. The molecule has 0 amide bonds. The highest BCUT2D eigenvalue weighted by Gasteiger charge is 2.77. The van der Waals surface area contributed by atoms with Crippen LogP contribution in [0.5, 0.6) is 0 Å². The third-order valence-electron chi connectivity index (χ3n) is 20.0. The molecule has 0 spiro atoms. The minimum Gasteiger partial charge on any atom is -1.00 e. The van der Waals surface area contributed by atoms with Crippen LogP contribution in [0.15, 0.2) is 81.6 Å². The van der Waals surface area contributed by atoms with E-state index in [1.807, 2.05) is 49.7 Å². The summed E-state index contributed by atoms with van der Waals surface area (Å²) in [7, 11) is 4.49. The van der Waals surface area contributed by atoms with E-state index in [1.54, 1.807) is 24.3 Å². The lowest BCUT2D eigenvalue weighted by Gasteiger charge is -2.64. The Labute approximate surface area is 518 Å². The number of likely N-dealkylation sites (N-methyl/N-ethyl adjacent to an activating group) is 1. The minimum absolute atomic E-state index is 0. The van der Waals surface area contributed by atoms with E-state index >= 15 is 0 Å².